The second kappa shape index (κ2) is 5.44. The molecule has 2 heterocycles. The molecule has 0 aliphatic rings. The van der Waals surface area contributed by atoms with Crippen molar-refractivity contribution in [3.05, 3.63) is 46.8 Å². The minimum Gasteiger partial charge on any atom is -0.467 e. The Labute approximate surface area is 108 Å². The Hall–Kier alpha value is -1.48. The van der Waals surface area contributed by atoms with Crippen LogP contribution in [0.15, 0.2) is 27.2 Å². The minimum atomic E-state index is 0.00681. The molecule has 0 spiro atoms. The predicted octanol–water partition coefficient (Wildman–Crippen LogP) is 3.89. The summed E-state index contributed by atoms with van der Waals surface area (Å²) in [5.41, 5.74) is 2.33. The first-order valence-electron chi connectivity index (χ1n) is 6.47. The maximum atomic E-state index is 5.83. The van der Waals surface area contributed by atoms with Crippen molar-refractivity contribution >= 4 is 0 Å². The molecule has 0 amide bonds. The molecule has 0 aliphatic heterocycles. The average Bonchev–Trinajstić information content (AvgIpc) is 2.88. The fourth-order valence-corrected chi connectivity index (χ4v) is 2.04. The van der Waals surface area contributed by atoms with Gasteiger partial charge in [0.2, 0.25) is 0 Å². The summed E-state index contributed by atoms with van der Waals surface area (Å²) in [6.07, 6.45) is 2.81. The summed E-state index contributed by atoms with van der Waals surface area (Å²) < 4.78 is 11.4. The SMILES string of the molecule is CCCNC(c1cc(C)c(C)o1)c1occc1C. The maximum Gasteiger partial charge on any atom is 0.131 e. The van der Waals surface area contributed by atoms with Crippen LogP contribution in [0.4, 0.5) is 0 Å². The van der Waals surface area contributed by atoms with Gasteiger partial charge in [0.25, 0.3) is 0 Å². The Kier molecular flexibility index (Phi) is 3.92. The second-order valence-corrected chi connectivity index (χ2v) is 4.74. The summed E-state index contributed by atoms with van der Waals surface area (Å²) in [6, 6.07) is 4.08. The Morgan fingerprint density at radius 1 is 1.22 bits per heavy atom. The highest BCUT2D eigenvalue weighted by molar-refractivity contribution is 5.29. The lowest BCUT2D eigenvalue weighted by atomic mass is 10.1. The lowest BCUT2D eigenvalue weighted by Gasteiger charge is -2.14. The second-order valence-electron chi connectivity index (χ2n) is 4.74. The highest BCUT2D eigenvalue weighted by atomic mass is 16.4. The van der Waals surface area contributed by atoms with Crippen molar-refractivity contribution < 1.29 is 8.83 Å². The summed E-state index contributed by atoms with van der Waals surface area (Å²) in [5, 5.41) is 3.48. The molecule has 0 saturated heterocycles. The van der Waals surface area contributed by atoms with Crippen LogP contribution in [0.1, 0.15) is 47.8 Å². The zero-order valence-corrected chi connectivity index (χ0v) is 11.5. The van der Waals surface area contributed by atoms with E-state index in [1.54, 1.807) is 6.26 Å². The first-order valence-corrected chi connectivity index (χ1v) is 6.47. The minimum absolute atomic E-state index is 0.00681. The van der Waals surface area contributed by atoms with Crippen LogP contribution in [0.3, 0.4) is 0 Å². The van der Waals surface area contributed by atoms with Crippen molar-refractivity contribution in [3.8, 4) is 0 Å². The third-order valence-corrected chi connectivity index (χ3v) is 3.23. The molecule has 0 fully saturated rings. The van der Waals surface area contributed by atoms with Crippen LogP contribution < -0.4 is 5.32 Å². The van der Waals surface area contributed by atoms with E-state index < -0.39 is 0 Å². The number of aryl methyl sites for hydroxylation is 3. The van der Waals surface area contributed by atoms with E-state index in [1.807, 2.05) is 13.0 Å². The summed E-state index contributed by atoms with van der Waals surface area (Å²) in [7, 11) is 0. The van der Waals surface area contributed by atoms with Crippen molar-refractivity contribution in [1.82, 2.24) is 5.32 Å². The van der Waals surface area contributed by atoms with Crippen LogP contribution in [0.2, 0.25) is 0 Å². The molecule has 0 saturated carbocycles. The quantitative estimate of drug-likeness (QED) is 0.871. The molecule has 0 aliphatic carbocycles. The monoisotopic (exact) mass is 247 g/mol. The molecule has 1 N–H and O–H groups in total. The van der Waals surface area contributed by atoms with Gasteiger partial charge in [-0.2, -0.15) is 0 Å². The summed E-state index contributed by atoms with van der Waals surface area (Å²) in [5.74, 6) is 2.84. The standard InChI is InChI=1S/C15H21NO2/c1-5-7-16-14(15-10(2)6-8-17-15)13-9-11(3)12(4)18-13/h6,8-9,14,16H,5,7H2,1-4H3. The fourth-order valence-electron chi connectivity index (χ4n) is 2.04. The first-order chi connectivity index (χ1) is 8.63. The van der Waals surface area contributed by atoms with E-state index in [9.17, 15) is 0 Å². The Morgan fingerprint density at radius 2 is 2.00 bits per heavy atom. The number of furan rings is 2. The Bertz CT molecular complexity index is 491. The summed E-state index contributed by atoms with van der Waals surface area (Å²) >= 11 is 0. The van der Waals surface area contributed by atoms with Crippen molar-refractivity contribution in [3.63, 3.8) is 0 Å². The molecule has 98 valence electrons. The first kappa shape index (κ1) is 13.0. The Balaban J connectivity index is 2.33. The molecule has 1 unspecified atom stereocenters. The van der Waals surface area contributed by atoms with Gasteiger partial charge in [0.05, 0.1) is 6.26 Å². The molecular weight excluding hydrogens is 226 g/mol. The van der Waals surface area contributed by atoms with Gasteiger partial charge >= 0.3 is 0 Å². The summed E-state index contributed by atoms with van der Waals surface area (Å²) in [4.78, 5) is 0. The van der Waals surface area contributed by atoms with Gasteiger partial charge in [-0.1, -0.05) is 6.92 Å². The molecule has 0 bridgehead atoms. The van der Waals surface area contributed by atoms with Crippen LogP contribution in [0, 0.1) is 20.8 Å². The van der Waals surface area contributed by atoms with E-state index in [4.69, 9.17) is 8.83 Å². The molecule has 2 rings (SSSR count). The third-order valence-electron chi connectivity index (χ3n) is 3.23. The number of nitrogens with one attached hydrogen (secondary N) is 1. The third kappa shape index (κ3) is 2.51. The molecular formula is C15H21NO2. The number of hydrogen-bond acceptors (Lipinski definition) is 3. The van der Waals surface area contributed by atoms with Gasteiger partial charge in [-0.3, -0.25) is 0 Å². The van der Waals surface area contributed by atoms with Crippen LogP contribution in [0.25, 0.3) is 0 Å². The van der Waals surface area contributed by atoms with E-state index in [2.05, 4.69) is 32.2 Å². The molecule has 2 aromatic heterocycles. The largest absolute Gasteiger partial charge is 0.467 e. The van der Waals surface area contributed by atoms with Gasteiger partial charge in [-0.05, 0) is 57.0 Å². The molecule has 1 atom stereocenters. The Morgan fingerprint density at radius 3 is 2.50 bits per heavy atom. The normalized spacial score (nSPS) is 12.9. The van der Waals surface area contributed by atoms with Gasteiger partial charge in [0, 0.05) is 0 Å². The average molecular weight is 247 g/mol. The highest BCUT2D eigenvalue weighted by Gasteiger charge is 2.22. The molecule has 0 radical (unpaired) electrons. The van der Waals surface area contributed by atoms with Crippen molar-refractivity contribution in [1.29, 1.82) is 0 Å². The van der Waals surface area contributed by atoms with Crippen molar-refractivity contribution in [2.45, 2.75) is 40.2 Å². The van der Waals surface area contributed by atoms with Gasteiger partial charge in [-0.15, -0.1) is 0 Å². The lowest BCUT2D eigenvalue weighted by Crippen LogP contribution is -2.23. The molecule has 3 heteroatoms. The zero-order valence-electron chi connectivity index (χ0n) is 11.5. The van der Waals surface area contributed by atoms with Gasteiger partial charge in [0.15, 0.2) is 0 Å². The zero-order chi connectivity index (χ0) is 13.1. The number of hydrogen-bond donors (Lipinski definition) is 1. The van der Waals surface area contributed by atoms with Crippen LogP contribution in [0.5, 0.6) is 0 Å². The van der Waals surface area contributed by atoms with Crippen LogP contribution >= 0.6 is 0 Å². The van der Waals surface area contributed by atoms with Crippen molar-refractivity contribution in [2.24, 2.45) is 0 Å². The molecule has 0 aromatic carbocycles. The predicted molar refractivity (Wildman–Crippen MR) is 71.8 cm³/mol. The van der Waals surface area contributed by atoms with E-state index >= 15 is 0 Å². The topological polar surface area (TPSA) is 38.3 Å². The van der Waals surface area contributed by atoms with Crippen LogP contribution in [-0.2, 0) is 0 Å². The van der Waals surface area contributed by atoms with Crippen LogP contribution in [-0.4, -0.2) is 6.54 Å². The van der Waals surface area contributed by atoms with Gasteiger partial charge < -0.3 is 14.2 Å². The van der Waals surface area contributed by atoms with Gasteiger partial charge in [-0.25, -0.2) is 0 Å². The smallest absolute Gasteiger partial charge is 0.131 e. The fraction of sp³-hybridized carbons (Fsp3) is 0.467. The molecule has 18 heavy (non-hydrogen) atoms. The van der Waals surface area contributed by atoms with E-state index in [1.165, 1.54) is 5.56 Å². The highest BCUT2D eigenvalue weighted by Crippen LogP contribution is 2.28. The van der Waals surface area contributed by atoms with E-state index in [0.717, 1.165) is 35.8 Å². The van der Waals surface area contributed by atoms with Crippen molar-refractivity contribution in [2.75, 3.05) is 6.54 Å². The van der Waals surface area contributed by atoms with E-state index in [0.29, 0.717) is 0 Å². The van der Waals surface area contributed by atoms with Gasteiger partial charge in [0.1, 0.15) is 23.3 Å². The molecule has 3 nitrogen and oxygen atoms in total. The number of rotatable bonds is 5. The summed E-state index contributed by atoms with van der Waals surface area (Å²) in [6.45, 7) is 9.20. The van der Waals surface area contributed by atoms with E-state index in [-0.39, 0.29) is 6.04 Å². The maximum absolute atomic E-state index is 5.83. The molecule has 2 aromatic rings. The lowest BCUT2D eigenvalue weighted by molar-refractivity contribution is 0.379.